The van der Waals surface area contributed by atoms with Crippen LogP contribution >= 0.6 is 0 Å². The van der Waals surface area contributed by atoms with Gasteiger partial charge in [0.25, 0.3) is 0 Å². The first kappa shape index (κ1) is 15.9. The zero-order valence-corrected chi connectivity index (χ0v) is 8.09. The van der Waals surface area contributed by atoms with Gasteiger partial charge in [-0.05, 0) is 0 Å². The van der Waals surface area contributed by atoms with Gasteiger partial charge in [-0.3, -0.25) is 0 Å². The number of hydrogen-bond donors (Lipinski definition) is 0. The zero-order valence-electron chi connectivity index (χ0n) is 6.09. The molecule has 0 bridgehead atoms. The van der Waals surface area contributed by atoms with Gasteiger partial charge < -0.3 is 20.1 Å². The molecule has 0 atom stereocenters. The predicted molar refractivity (Wildman–Crippen MR) is 12.4 cm³/mol. The Hall–Kier alpha value is 1.78. The predicted octanol–water partition coefficient (Wildman–Crippen LogP) is -4.47. The number of rotatable bonds is 0. The van der Waals surface area contributed by atoms with Crippen molar-refractivity contribution in [2.75, 3.05) is 0 Å². The van der Waals surface area contributed by atoms with E-state index >= 15 is 0 Å². The van der Waals surface area contributed by atoms with E-state index in [-0.39, 0.29) is 62.0 Å². The van der Waals surface area contributed by atoms with Gasteiger partial charge in [0.05, 0.1) is 0 Å². The Balaban J connectivity index is -0.0000000133. The molecule has 36 valence electrons. The maximum atomic E-state index is 9.75. The largest absolute Gasteiger partial charge is 1.00 e. The van der Waals surface area contributed by atoms with Gasteiger partial charge in [0.1, 0.15) is 0 Å². The summed E-state index contributed by atoms with van der Waals surface area (Å²) >= 11 is 0. The second-order valence-corrected chi connectivity index (χ2v) is 0.495. The van der Waals surface area contributed by atoms with Gasteiger partial charge >= 0.3 is 66.4 Å². The summed E-state index contributed by atoms with van der Waals surface area (Å²) in [5, 5.41) is 0. The summed E-state index contributed by atoms with van der Waals surface area (Å²) in [4.78, 5) is 0. The van der Waals surface area contributed by atoms with Crippen LogP contribution in [0.1, 0.15) is 2.85 Å². The SMILES string of the molecule is F[B-](F)(F)F.[H-].[H-].[Na+].[Na+]. The zero-order chi connectivity index (χ0) is 4.50. The number of halogens is 4. The fraction of sp³-hybridized carbons (Fsp3) is 0. The molecular formula is H2BF4Na2-. The van der Waals surface area contributed by atoms with E-state index in [4.69, 9.17) is 0 Å². The third kappa shape index (κ3) is 81.8. The first-order valence-corrected chi connectivity index (χ1v) is 0.873. The molecule has 0 N–H and O–H groups in total. The van der Waals surface area contributed by atoms with E-state index < -0.39 is 7.25 Å². The van der Waals surface area contributed by atoms with Crippen LogP contribution in [0.4, 0.5) is 17.3 Å². The van der Waals surface area contributed by atoms with Gasteiger partial charge in [-0.15, -0.1) is 0 Å². The summed E-state index contributed by atoms with van der Waals surface area (Å²) in [6, 6.07) is 0. The molecule has 0 saturated carbocycles. The molecule has 0 aliphatic heterocycles. The smallest absolute Gasteiger partial charge is 1.00 e. The molecule has 0 amide bonds. The van der Waals surface area contributed by atoms with Gasteiger partial charge in [0.15, 0.2) is 0 Å². The summed E-state index contributed by atoms with van der Waals surface area (Å²) in [5.41, 5.74) is 0. The monoisotopic (exact) mass is 135 g/mol. The fourth-order valence-corrected chi connectivity index (χ4v) is 0. The van der Waals surface area contributed by atoms with Crippen LogP contribution in [-0.4, -0.2) is 7.25 Å². The van der Waals surface area contributed by atoms with Gasteiger partial charge in [0, 0.05) is 0 Å². The summed E-state index contributed by atoms with van der Waals surface area (Å²) in [6.07, 6.45) is 0. The molecule has 0 radical (unpaired) electrons. The van der Waals surface area contributed by atoms with Crippen LogP contribution in [0, 0.1) is 0 Å². The molecule has 0 heterocycles. The van der Waals surface area contributed by atoms with Crippen molar-refractivity contribution >= 4 is 7.25 Å². The first-order valence-electron chi connectivity index (χ1n) is 0.873. The van der Waals surface area contributed by atoms with Crippen LogP contribution in [-0.2, 0) is 0 Å². The average molecular weight is 135 g/mol. The standard InChI is InChI=1S/BF4.2Na.2H/c2-1(3,4)5;;;;/q-1;2*+1;2*-1. The minimum Gasteiger partial charge on any atom is -1.00 e. The second kappa shape index (κ2) is 5.91. The minimum absolute atomic E-state index is 0. The van der Waals surface area contributed by atoms with Crippen LogP contribution < -0.4 is 59.1 Å². The average Bonchev–Trinajstić information content (AvgIpc) is 0.722. The third-order valence-corrected chi connectivity index (χ3v) is 0. The van der Waals surface area contributed by atoms with Crippen molar-refractivity contribution in [3.63, 3.8) is 0 Å². The fourth-order valence-electron chi connectivity index (χ4n) is 0. The van der Waals surface area contributed by atoms with E-state index in [0.717, 1.165) is 0 Å². The molecule has 0 aliphatic rings. The normalized spacial score (nSPS) is 8.57. The Bertz CT molecular complexity index is 32.0. The van der Waals surface area contributed by atoms with Crippen LogP contribution in [0.3, 0.4) is 0 Å². The molecule has 0 aromatic carbocycles. The molecule has 0 spiro atoms. The van der Waals surface area contributed by atoms with Crippen molar-refractivity contribution in [1.82, 2.24) is 0 Å². The summed E-state index contributed by atoms with van der Waals surface area (Å²) in [5.74, 6) is 0. The molecule has 0 unspecified atom stereocenters. The van der Waals surface area contributed by atoms with Gasteiger partial charge in [-0.1, -0.05) is 0 Å². The van der Waals surface area contributed by atoms with Crippen molar-refractivity contribution in [3.05, 3.63) is 0 Å². The van der Waals surface area contributed by atoms with Crippen LogP contribution in [0.25, 0.3) is 0 Å². The minimum atomic E-state index is -6.00. The van der Waals surface area contributed by atoms with Crippen molar-refractivity contribution in [3.8, 4) is 0 Å². The van der Waals surface area contributed by atoms with Crippen molar-refractivity contribution in [2.24, 2.45) is 0 Å². The van der Waals surface area contributed by atoms with E-state index in [2.05, 4.69) is 0 Å². The molecule has 7 heteroatoms. The second-order valence-electron chi connectivity index (χ2n) is 0.495. The Kier molecular flexibility index (Phi) is 13.4. The Morgan fingerprint density at radius 3 is 0.857 bits per heavy atom. The molecule has 7 heavy (non-hydrogen) atoms. The molecular weight excluding hydrogens is 133 g/mol. The van der Waals surface area contributed by atoms with Gasteiger partial charge in [0.2, 0.25) is 0 Å². The summed E-state index contributed by atoms with van der Waals surface area (Å²) in [7, 11) is -6.00. The molecule has 0 fully saturated rings. The van der Waals surface area contributed by atoms with Crippen LogP contribution in [0.2, 0.25) is 0 Å². The molecule has 0 nitrogen and oxygen atoms in total. The van der Waals surface area contributed by atoms with E-state index in [0.29, 0.717) is 0 Å². The van der Waals surface area contributed by atoms with Gasteiger partial charge in [-0.2, -0.15) is 0 Å². The third-order valence-electron chi connectivity index (χ3n) is 0. The Labute approximate surface area is 85.7 Å². The molecule has 0 saturated heterocycles. The van der Waals surface area contributed by atoms with Crippen molar-refractivity contribution in [1.29, 1.82) is 0 Å². The first-order chi connectivity index (χ1) is 2.00. The van der Waals surface area contributed by atoms with Crippen LogP contribution in [0.15, 0.2) is 0 Å². The van der Waals surface area contributed by atoms with Crippen molar-refractivity contribution in [2.45, 2.75) is 0 Å². The summed E-state index contributed by atoms with van der Waals surface area (Å²) < 4.78 is 39.0. The van der Waals surface area contributed by atoms with E-state index in [1.165, 1.54) is 0 Å². The van der Waals surface area contributed by atoms with E-state index in [1.807, 2.05) is 0 Å². The van der Waals surface area contributed by atoms with E-state index in [1.54, 1.807) is 0 Å². The number of hydrogen-bond acceptors (Lipinski definition) is 0. The summed E-state index contributed by atoms with van der Waals surface area (Å²) in [6.45, 7) is 0. The molecule has 0 aliphatic carbocycles. The molecule has 0 aromatic heterocycles. The molecule has 0 rings (SSSR count). The van der Waals surface area contributed by atoms with Crippen LogP contribution in [0.5, 0.6) is 0 Å². The molecule has 0 aromatic rings. The Morgan fingerprint density at radius 2 is 0.857 bits per heavy atom. The quantitative estimate of drug-likeness (QED) is 0.232. The maximum Gasteiger partial charge on any atom is 1.00 e. The maximum absolute atomic E-state index is 9.75. The topological polar surface area (TPSA) is 0 Å². The Morgan fingerprint density at radius 1 is 0.857 bits per heavy atom. The van der Waals surface area contributed by atoms with Gasteiger partial charge in [-0.25, -0.2) is 0 Å². The van der Waals surface area contributed by atoms with E-state index in [9.17, 15) is 17.3 Å². The van der Waals surface area contributed by atoms with Crippen molar-refractivity contribution < 1.29 is 79.2 Å².